The number of Topliss-reactive ketones (excluding diaryl/α,β-unsaturated/α-hetero) is 1. The maximum Gasteiger partial charge on any atom is 0.149 e. The lowest BCUT2D eigenvalue weighted by Gasteiger charge is -2.41. The molecule has 5 rings (SSSR count). The van der Waals surface area contributed by atoms with Crippen LogP contribution >= 0.6 is 0 Å². The van der Waals surface area contributed by atoms with E-state index >= 15 is 0 Å². The lowest BCUT2D eigenvalue weighted by atomic mass is 9.62. The summed E-state index contributed by atoms with van der Waals surface area (Å²) in [5, 5.41) is 0. The number of ketones is 1. The van der Waals surface area contributed by atoms with Crippen LogP contribution in [0.25, 0.3) is 0 Å². The normalized spacial score (nSPS) is 17.2. The van der Waals surface area contributed by atoms with Crippen LogP contribution in [-0.2, 0) is 23.1 Å². The third-order valence-corrected chi connectivity index (χ3v) is 6.47. The van der Waals surface area contributed by atoms with Crippen molar-refractivity contribution in [3.8, 4) is 0 Å². The first-order valence-corrected chi connectivity index (χ1v) is 10.6. The summed E-state index contributed by atoms with van der Waals surface area (Å²) < 4.78 is 13.2. The molecule has 0 bridgehead atoms. The number of hydrogen-bond donors (Lipinski definition) is 0. The third kappa shape index (κ3) is 3.28. The van der Waals surface area contributed by atoms with Gasteiger partial charge in [0.05, 0.1) is 22.5 Å². The van der Waals surface area contributed by atoms with E-state index in [0.29, 0.717) is 6.42 Å². The zero-order valence-electron chi connectivity index (χ0n) is 16.9. The van der Waals surface area contributed by atoms with Crippen LogP contribution in [0.3, 0.4) is 0 Å². The van der Waals surface area contributed by atoms with Crippen LogP contribution < -0.4 is 4.90 Å². The molecule has 3 heterocycles. The van der Waals surface area contributed by atoms with Gasteiger partial charge in [0.15, 0.2) is 0 Å². The van der Waals surface area contributed by atoms with Crippen LogP contribution in [0.2, 0.25) is 0 Å². The molecule has 152 valence electrons. The van der Waals surface area contributed by atoms with Crippen molar-refractivity contribution >= 4 is 17.3 Å². The fraction of sp³-hybridized carbons (Fsp3) is 0.320. The molecule has 4 nitrogen and oxygen atoms in total. The smallest absolute Gasteiger partial charge is 0.149 e. The van der Waals surface area contributed by atoms with E-state index in [0.717, 1.165) is 67.1 Å². The number of fused-ring (bicyclic) bond motifs is 1. The second kappa shape index (κ2) is 7.63. The Morgan fingerprint density at radius 1 is 1.03 bits per heavy atom. The maximum atomic E-state index is 13.3. The molecule has 0 radical (unpaired) electrons. The van der Waals surface area contributed by atoms with Gasteiger partial charge in [-0.25, -0.2) is 9.37 Å². The average molecular weight is 401 g/mol. The van der Waals surface area contributed by atoms with Crippen molar-refractivity contribution in [2.45, 2.75) is 43.9 Å². The summed E-state index contributed by atoms with van der Waals surface area (Å²) in [6.07, 6.45) is 6.76. The van der Waals surface area contributed by atoms with Crippen LogP contribution in [0.1, 0.15) is 42.6 Å². The minimum atomic E-state index is -0.503. The van der Waals surface area contributed by atoms with Gasteiger partial charge in [-0.1, -0.05) is 24.6 Å². The molecule has 1 fully saturated rings. The van der Waals surface area contributed by atoms with Crippen molar-refractivity contribution in [3.63, 3.8) is 0 Å². The summed E-state index contributed by atoms with van der Waals surface area (Å²) in [5.41, 5.74) is 3.38. The number of anilines is 2. The number of hydrogen-bond acceptors (Lipinski definition) is 4. The minimum absolute atomic E-state index is 0.185. The van der Waals surface area contributed by atoms with Gasteiger partial charge in [-0.2, -0.15) is 0 Å². The van der Waals surface area contributed by atoms with E-state index in [-0.39, 0.29) is 11.6 Å². The molecule has 1 aromatic carbocycles. The number of benzene rings is 1. The summed E-state index contributed by atoms with van der Waals surface area (Å²) in [5.74, 6) is 0.835. The molecule has 2 aromatic heterocycles. The van der Waals surface area contributed by atoms with Crippen molar-refractivity contribution in [1.82, 2.24) is 9.97 Å². The molecule has 2 aliphatic rings. The molecule has 0 saturated heterocycles. The van der Waals surface area contributed by atoms with E-state index in [2.05, 4.69) is 16.0 Å². The van der Waals surface area contributed by atoms with Gasteiger partial charge in [0.2, 0.25) is 0 Å². The highest BCUT2D eigenvalue weighted by molar-refractivity contribution is 5.92. The Morgan fingerprint density at radius 3 is 2.57 bits per heavy atom. The van der Waals surface area contributed by atoms with Gasteiger partial charge in [-0.05, 0) is 67.6 Å². The highest BCUT2D eigenvalue weighted by Crippen LogP contribution is 2.45. The number of aromatic nitrogens is 2. The zero-order valence-corrected chi connectivity index (χ0v) is 16.9. The Balaban J connectivity index is 1.44. The largest absolute Gasteiger partial charge is 0.325 e. The average Bonchev–Trinajstić information content (AvgIpc) is 2.75. The molecule has 1 aliphatic heterocycles. The van der Waals surface area contributed by atoms with E-state index < -0.39 is 5.41 Å². The Labute approximate surface area is 175 Å². The molecule has 5 heteroatoms. The Bertz CT molecular complexity index is 1060. The fourth-order valence-electron chi connectivity index (χ4n) is 4.63. The van der Waals surface area contributed by atoms with Gasteiger partial charge in [0.25, 0.3) is 0 Å². The molecule has 30 heavy (non-hydrogen) atoms. The Morgan fingerprint density at radius 2 is 1.87 bits per heavy atom. The predicted molar refractivity (Wildman–Crippen MR) is 114 cm³/mol. The first-order chi connectivity index (χ1) is 14.7. The number of pyridine rings is 2. The molecule has 0 amide bonds. The van der Waals surface area contributed by atoms with Crippen LogP contribution in [0.5, 0.6) is 0 Å². The number of aryl methyl sites for hydroxylation is 1. The lowest BCUT2D eigenvalue weighted by Crippen LogP contribution is -2.44. The van der Waals surface area contributed by atoms with E-state index in [4.69, 9.17) is 4.98 Å². The molecular formula is C25H24FN3O. The van der Waals surface area contributed by atoms with Gasteiger partial charge >= 0.3 is 0 Å². The van der Waals surface area contributed by atoms with Crippen molar-refractivity contribution in [2.75, 3.05) is 11.4 Å². The molecule has 0 N–H and O–H groups in total. The van der Waals surface area contributed by atoms with Gasteiger partial charge in [-0.15, -0.1) is 0 Å². The summed E-state index contributed by atoms with van der Waals surface area (Å²) >= 11 is 0. The highest BCUT2D eigenvalue weighted by Gasteiger charge is 2.46. The second-order valence-electron chi connectivity index (χ2n) is 8.27. The van der Waals surface area contributed by atoms with Gasteiger partial charge in [0, 0.05) is 19.2 Å². The number of nitrogens with zero attached hydrogens (tertiary/aromatic N) is 3. The molecule has 0 atom stereocenters. The molecular weight excluding hydrogens is 377 g/mol. The van der Waals surface area contributed by atoms with Crippen molar-refractivity contribution in [1.29, 1.82) is 0 Å². The number of carbonyl (C=O) groups excluding carboxylic acids is 1. The minimum Gasteiger partial charge on any atom is -0.325 e. The SMILES string of the molecule is O=C(Cc1ccc(F)cc1)C1(c2ccc3c(n2)CCCN3c2ccccn2)CCC1. The van der Waals surface area contributed by atoms with E-state index in [1.165, 1.54) is 12.1 Å². The van der Waals surface area contributed by atoms with Crippen LogP contribution in [0.4, 0.5) is 15.9 Å². The van der Waals surface area contributed by atoms with E-state index in [1.807, 2.05) is 30.5 Å². The quantitative estimate of drug-likeness (QED) is 0.608. The predicted octanol–water partition coefficient (Wildman–Crippen LogP) is 4.93. The molecule has 3 aromatic rings. The van der Waals surface area contributed by atoms with Crippen LogP contribution in [-0.4, -0.2) is 22.3 Å². The zero-order chi connectivity index (χ0) is 20.6. The van der Waals surface area contributed by atoms with Crippen molar-refractivity contribution in [2.24, 2.45) is 0 Å². The highest BCUT2D eigenvalue weighted by atomic mass is 19.1. The molecule has 1 saturated carbocycles. The summed E-state index contributed by atoms with van der Waals surface area (Å²) in [4.78, 5) is 25.0. The Kier molecular flexibility index (Phi) is 4.81. The van der Waals surface area contributed by atoms with Crippen LogP contribution in [0, 0.1) is 5.82 Å². The topological polar surface area (TPSA) is 46.1 Å². The van der Waals surface area contributed by atoms with E-state index in [1.54, 1.807) is 12.1 Å². The van der Waals surface area contributed by atoms with Crippen molar-refractivity contribution < 1.29 is 9.18 Å². The summed E-state index contributed by atoms with van der Waals surface area (Å²) in [6.45, 7) is 0.916. The van der Waals surface area contributed by atoms with Crippen molar-refractivity contribution in [3.05, 3.63) is 83.6 Å². The summed E-state index contributed by atoms with van der Waals surface area (Å²) in [7, 11) is 0. The monoisotopic (exact) mass is 401 g/mol. The number of rotatable bonds is 5. The van der Waals surface area contributed by atoms with E-state index in [9.17, 15) is 9.18 Å². The van der Waals surface area contributed by atoms with Gasteiger partial charge < -0.3 is 4.90 Å². The maximum absolute atomic E-state index is 13.3. The lowest BCUT2D eigenvalue weighted by molar-refractivity contribution is -0.127. The standard InChI is InChI=1S/C25H24FN3O/c26-19-9-7-18(8-10-19)17-23(30)25(13-4-14-25)22-12-11-21-20(28-22)5-3-16-29(21)24-6-1-2-15-27-24/h1-2,6-12,15H,3-5,13-14,16-17H2. The van der Waals surface area contributed by atoms with Gasteiger partial charge in [0.1, 0.15) is 17.4 Å². The second-order valence-corrected chi connectivity index (χ2v) is 8.27. The third-order valence-electron chi connectivity index (χ3n) is 6.47. The first-order valence-electron chi connectivity index (χ1n) is 10.6. The van der Waals surface area contributed by atoms with Crippen LogP contribution in [0.15, 0.2) is 60.8 Å². The number of halogens is 1. The first kappa shape index (κ1) is 18.9. The molecule has 0 unspecified atom stereocenters. The van der Waals surface area contributed by atoms with Gasteiger partial charge in [-0.3, -0.25) is 9.78 Å². The summed E-state index contributed by atoms with van der Waals surface area (Å²) in [6, 6.07) is 16.3. The fourth-order valence-corrected chi connectivity index (χ4v) is 4.63. The molecule has 1 aliphatic carbocycles. The molecule has 0 spiro atoms. The Hall–Kier alpha value is -3.08. The number of carbonyl (C=O) groups is 1.